The van der Waals surface area contributed by atoms with Gasteiger partial charge in [-0.1, -0.05) is 0 Å². The number of aromatic nitrogens is 2. The molecule has 3 N–H and O–H groups in total. The zero-order valence-corrected chi connectivity index (χ0v) is 14.1. The number of ether oxygens (including phenoxy) is 1. The third kappa shape index (κ3) is 5.02. The summed E-state index contributed by atoms with van der Waals surface area (Å²) in [4.78, 5) is 34.3. The van der Waals surface area contributed by atoms with Crippen molar-refractivity contribution in [2.45, 2.75) is 26.4 Å². The quantitative estimate of drug-likeness (QED) is 0.728. The Labute approximate surface area is 135 Å². The van der Waals surface area contributed by atoms with Crippen LogP contribution in [0.1, 0.15) is 31.1 Å². The molecule has 1 heterocycles. The summed E-state index contributed by atoms with van der Waals surface area (Å²) >= 11 is 3.09. The summed E-state index contributed by atoms with van der Waals surface area (Å²) in [7, 11) is 1.52. The second kappa shape index (κ2) is 6.77. The molecule has 0 fully saturated rings. The van der Waals surface area contributed by atoms with Crippen molar-refractivity contribution in [3.63, 3.8) is 0 Å². The molecule has 0 aliphatic rings. The molecule has 10 heteroatoms. The lowest BCUT2D eigenvalue weighted by atomic mass is 10.2. The second-order valence-corrected chi connectivity index (χ2v) is 6.09. The number of rotatable bonds is 4. The van der Waals surface area contributed by atoms with Crippen LogP contribution in [0.4, 0.5) is 10.6 Å². The monoisotopic (exact) mass is 376 g/mol. The SMILES string of the molecule is Cn1nc(Br)c(C(=O)NCC(=O)O)c1NC(=O)OC(C)(C)C. The number of carbonyl (C=O) groups is 3. The van der Waals surface area contributed by atoms with Crippen molar-refractivity contribution in [1.82, 2.24) is 15.1 Å². The van der Waals surface area contributed by atoms with E-state index in [1.165, 1.54) is 11.7 Å². The van der Waals surface area contributed by atoms with Crippen LogP contribution in [0, 0.1) is 0 Å². The van der Waals surface area contributed by atoms with Gasteiger partial charge in [0.25, 0.3) is 5.91 Å². The Hall–Kier alpha value is -2.10. The molecule has 1 rings (SSSR count). The number of carbonyl (C=O) groups excluding carboxylic acids is 2. The molecule has 0 saturated heterocycles. The van der Waals surface area contributed by atoms with Crippen LogP contribution < -0.4 is 10.6 Å². The highest BCUT2D eigenvalue weighted by Gasteiger charge is 2.25. The van der Waals surface area contributed by atoms with E-state index in [-0.39, 0.29) is 16.0 Å². The molecule has 0 aliphatic heterocycles. The largest absolute Gasteiger partial charge is 0.480 e. The lowest BCUT2D eigenvalue weighted by molar-refractivity contribution is -0.135. The number of hydrogen-bond donors (Lipinski definition) is 3. The molecular formula is C12H17BrN4O5. The summed E-state index contributed by atoms with van der Waals surface area (Å²) in [5.74, 6) is -1.78. The van der Waals surface area contributed by atoms with Gasteiger partial charge in [0, 0.05) is 7.05 Å². The molecule has 0 bridgehead atoms. The number of nitrogens with zero attached hydrogens (tertiary/aromatic N) is 2. The number of amides is 2. The summed E-state index contributed by atoms with van der Waals surface area (Å²) in [5, 5.41) is 17.2. The van der Waals surface area contributed by atoms with Gasteiger partial charge in [0.1, 0.15) is 28.1 Å². The molecular weight excluding hydrogens is 360 g/mol. The van der Waals surface area contributed by atoms with Crippen LogP contribution >= 0.6 is 15.9 Å². The van der Waals surface area contributed by atoms with Gasteiger partial charge in [0.05, 0.1) is 0 Å². The molecule has 1 aromatic heterocycles. The van der Waals surface area contributed by atoms with Crippen molar-refractivity contribution in [2.24, 2.45) is 7.05 Å². The van der Waals surface area contributed by atoms with E-state index in [1.54, 1.807) is 20.8 Å². The van der Waals surface area contributed by atoms with Crippen LogP contribution in [0.25, 0.3) is 0 Å². The third-order valence-corrected chi connectivity index (χ3v) is 2.81. The number of aryl methyl sites for hydroxylation is 1. The van der Waals surface area contributed by atoms with E-state index in [0.717, 1.165) is 0 Å². The van der Waals surface area contributed by atoms with Crippen molar-refractivity contribution in [3.05, 3.63) is 10.2 Å². The number of nitrogens with one attached hydrogen (secondary N) is 2. The summed E-state index contributed by atoms with van der Waals surface area (Å²) in [5.41, 5.74) is -0.694. The van der Waals surface area contributed by atoms with E-state index in [9.17, 15) is 14.4 Å². The van der Waals surface area contributed by atoms with Crippen molar-refractivity contribution in [3.8, 4) is 0 Å². The van der Waals surface area contributed by atoms with Gasteiger partial charge < -0.3 is 15.2 Å². The van der Waals surface area contributed by atoms with Gasteiger partial charge in [0.2, 0.25) is 0 Å². The number of anilines is 1. The summed E-state index contributed by atoms with van der Waals surface area (Å²) in [6.45, 7) is 4.55. The van der Waals surface area contributed by atoms with Crippen LogP contribution in [0.2, 0.25) is 0 Å². The van der Waals surface area contributed by atoms with Gasteiger partial charge >= 0.3 is 12.1 Å². The normalized spacial score (nSPS) is 11.0. The summed E-state index contributed by atoms with van der Waals surface area (Å²) in [6.07, 6.45) is -0.754. The molecule has 0 atom stereocenters. The molecule has 0 unspecified atom stereocenters. The smallest absolute Gasteiger partial charge is 0.413 e. The Bertz CT molecular complexity index is 605. The zero-order chi connectivity index (χ0) is 17.1. The maximum Gasteiger partial charge on any atom is 0.413 e. The van der Waals surface area contributed by atoms with E-state index < -0.39 is 30.1 Å². The van der Waals surface area contributed by atoms with Crippen molar-refractivity contribution >= 4 is 39.7 Å². The third-order valence-electron chi connectivity index (χ3n) is 2.25. The molecule has 0 saturated carbocycles. The van der Waals surface area contributed by atoms with Gasteiger partial charge in [-0.3, -0.25) is 19.6 Å². The second-order valence-electron chi connectivity index (χ2n) is 5.34. The topological polar surface area (TPSA) is 123 Å². The van der Waals surface area contributed by atoms with Crippen molar-refractivity contribution in [2.75, 3.05) is 11.9 Å². The lowest BCUT2D eigenvalue weighted by Crippen LogP contribution is -2.31. The summed E-state index contributed by atoms with van der Waals surface area (Å²) < 4.78 is 6.54. The average Bonchev–Trinajstić information content (AvgIpc) is 2.59. The predicted octanol–water partition coefficient (Wildman–Crippen LogP) is 1.34. The van der Waals surface area contributed by atoms with Crippen molar-refractivity contribution in [1.29, 1.82) is 0 Å². The first-order valence-electron chi connectivity index (χ1n) is 6.23. The molecule has 0 radical (unpaired) electrons. The highest BCUT2D eigenvalue weighted by atomic mass is 79.9. The van der Waals surface area contributed by atoms with Crippen LogP contribution in [0.3, 0.4) is 0 Å². The Kier molecular flexibility index (Phi) is 5.53. The maximum atomic E-state index is 12.0. The minimum atomic E-state index is -1.19. The van der Waals surface area contributed by atoms with Gasteiger partial charge in [-0.2, -0.15) is 5.10 Å². The number of hydrogen-bond acceptors (Lipinski definition) is 5. The number of halogens is 1. The lowest BCUT2D eigenvalue weighted by Gasteiger charge is -2.20. The highest BCUT2D eigenvalue weighted by Crippen LogP contribution is 2.24. The molecule has 122 valence electrons. The number of carboxylic acids is 1. The van der Waals surface area contributed by atoms with E-state index in [2.05, 4.69) is 31.7 Å². The van der Waals surface area contributed by atoms with Gasteiger partial charge in [0.15, 0.2) is 0 Å². The van der Waals surface area contributed by atoms with Gasteiger partial charge in [-0.25, -0.2) is 4.79 Å². The molecule has 9 nitrogen and oxygen atoms in total. The van der Waals surface area contributed by atoms with Gasteiger partial charge in [-0.15, -0.1) is 0 Å². The molecule has 1 aromatic rings. The van der Waals surface area contributed by atoms with E-state index in [4.69, 9.17) is 9.84 Å². The van der Waals surface area contributed by atoms with Crippen LogP contribution in [0.15, 0.2) is 4.60 Å². The maximum absolute atomic E-state index is 12.0. The standard InChI is InChI=1S/C12H17BrN4O5/c1-12(2,3)22-11(21)15-9-7(8(13)16-17(9)4)10(20)14-5-6(18)19/h5H2,1-4H3,(H,14,20)(H,15,21)(H,18,19). The number of aliphatic carboxylic acids is 1. The number of carboxylic acid groups (broad SMARTS) is 1. The average molecular weight is 377 g/mol. The first-order chi connectivity index (χ1) is 10.0. The minimum Gasteiger partial charge on any atom is -0.480 e. The molecule has 2 amide bonds. The molecule has 22 heavy (non-hydrogen) atoms. The fraction of sp³-hybridized carbons (Fsp3) is 0.500. The van der Waals surface area contributed by atoms with Crippen LogP contribution in [-0.4, -0.2) is 45.0 Å². The van der Waals surface area contributed by atoms with E-state index in [0.29, 0.717) is 0 Å². The molecule has 0 aliphatic carbocycles. The Morgan fingerprint density at radius 1 is 1.36 bits per heavy atom. The molecule has 0 aromatic carbocycles. The fourth-order valence-electron chi connectivity index (χ4n) is 1.48. The van der Waals surface area contributed by atoms with Crippen LogP contribution in [-0.2, 0) is 16.6 Å². The minimum absolute atomic E-state index is 0.00890. The fourth-order valence-corrected chi connectivity index (χ4v) is 2.09. The van der Waals surface area contributed by atoms with Gasteiger partial charge in [-0.05, 0) is 36.7 Å². The summed E-state index contributed by atoms with van der Waals surface area (Å²) in [6, 6.07) is 0. The Balaban J connectivity index is 2.98. The van der Waals surface area contributed by atoms with E-state index >= 15 is 0 Å². The van der Waals surface area contributed by atoms with E-state index in [1.807, 2.05) is 0 Å². The van der Waals surface area contributed by atoms with Crippen LogP contribution in [0.5, 0.6) is 0 Å². The first-order valence-corrected chi connectivity index (χ1v) is 7.03. The Morgan fingerprint density at radius 3 is 2.45 bits per heavy atom. The zero-order valence-electron chi connectivity index (χ0n) is 12.6. The first kappa shape index (κ1) is 18.0. The molecule has 0 spiro atoms. The highest BCUT2D eigenvalue weighted by molar-refractivity contribution is 9.10. The van der Waals surface area contributed by atoms with Crippen molar-refractivity contribution < 1.29 is 24.2 Å². The Morgan fingerprint density at radius 2 is 1.95 bits per heavy atom. The predicted molar refractivity (Wildman–Crippen MR) is 80.7 cm³/mol.